The van der Waals surface area contributed by atoms with Gasteiger partial charge in [0.25, 0.3) is 0 Å². The Bertz CT molecular complexity index is 768. The molecule has 0 aliphatic carbocycles. The molecule has 0 saturated carbocycles. The van der Waals surface area contributed by atoms with E-state index in [4.69, 9.17) is 14.2 Å². The molecule has 10 atom stereocenters. The Morgan fingerprint density at radius 2 is 1.82 bits per heavy atom. The topological polar surface area (TPSA) is 131 Å². The quantitative estimate of drug-likeness (QED) is 0.408. The second kappa shape index (κ2) is 12.2. The number of esters is 1. The Labute approximate surface area is 202 Å². The molecule has 9 nitrogen and oxygen atoms in total. The molecule has 2 rings (SSSR count). The van der Waals surface area contributed by atoms with Crippen molar-refractivity contribution < 1.29 is 38.8 Å². The highest BCUT2D eigenvalue weighted by atomic mass is 16.7. The summed E-state index contributed by atoms with van der Waals surface area (Å²) < 4.78 is 17.7. The Hall–Kier alpha value is -1.81. The van der Waals surface area contributed by atoms with Crippen molar-refractivity contribution in [3.05, 3.63) is 11.6 Å². The van der Waals surface area contributed by atoms with E-state index in [1.807, 2.05) is 33.8 Å². The number of Topliss-reactive ketones (excluding diaryl/α,β-unsaturated/α-hetero) is 1. The summed E-state index contributed by atoms with van der Waals surface area (Å²) in [5.74, 6) is -1.92. The van der Waals surface area contributed by atoms with E-state index in [1.54, 1.807) is 13.8 Å². The fraction of sp³-hybridized carbons (Fsp3) is 0.800. The molecule has 1 fully saturated rings. The van der Waals surface area contributed by atoms with Gasteiger partial charge in [-0.2, -0.15) is 0 Å². The molecule has 0 aromatic rings. The van der Waals surface area contributed by atoms with Gasteiger partial charge < -0.3 is 29.7 Å². The first-order valence-corrected chi connectivity index (χ1v) is 12.2. The number of hydrogen-bond donors (Lipinski definition) is 3. The second-order valence-electron chi connectivity index (χ2n) is 9.87. The van der Waals surface area contributed by atoms with Gasteiger partial charge in [-0.15, -0.1) is 0 Å². The zero-order valence-corrected chi connectivity index (χ0v) is 21.3. The van der Waals surface area contributed by atoms with Gasteiger partial charge in [-0.3, -0.25) is 14.4 Å². The molecule has 0 aromatic carbocycles. The number of carbonyl (C=O) groups excluding carboxylic acids is 3. The van der Waals surface area contributed by atoms with Crippen molar-refractivity contribution in [3.63, 3.8) is 0 Å². The summed E-state index contributed by atoms with van der Waals surface area (Å²) in [6.45, 7) is 12.2. The average molecular weight is 484 g/mol. The molecule has 2 aliphatic rings. The minimum atomic E-state index is -1.45. The Kier molecular flexibility index (Phi) is 10.2. The van der Waals surface area contributed by atoms with Crippen LogP contribution < -0.4 is 5.32 Å². The number of cyclic esters (lactones) is 1. The number of aliphatic hydroxyl groups is 2. The van der Waals surface area contributed by atoms with E-state index in [9.17, 15) is 24.6 Å². The van der Waals surface area contributed by atoms with Crippen LogP contribution in [0.3, 0.4) is 0 Å². The number of hydrogen-bond acceptors (Lipinski definition) is 8. The van der Waals surface area contributed by atoms with Gasteiger partial charge in [-0.05, 0) is 45.1 Å². The summed E-state index contributed by atoms with van der Waals surface area (Å²) >= 11 is 0. The zero-order valence-electron chi connectivity index (χ0n) is 21.3. The molecule has 34 heavy (non-hydrogen) atoms. The maximum absolute atomic E-state index is 13.1. The summed E-state index contributed by atoms with van der Waals surface area (Å²) in [6, 6.07) is -0.804. The highest BCUT2D eigenvalue weighted by molar-refractivity contribution is 5.82. The fourth-order valence-electron chi connectivity index (χ4n) is 4.77. The number of aliphatic hydroxyl groups excluding tert-OH is 2. The predicted molar refractivity (Wildman–Crippen MR) is 124 cm³/mol. The largest absolute Gasteiger partial charge is 0.458 e. The predicted octanol–water partition coefficient (Wildman–Crippen LogP) is 1.88. The van der Waals surface area contributed by atoms with Crippen LogP contribution in [0.25, 0.3) is 0 Å². The van der Waals surface area contributed by atoms with Gasteiger partial charge in [-0.1, -0.05) is 26.8 Å². The lowest BCUT2D eigenvalue weighted by atomic mass is 9.84. The number of allylic oxidation sites excluding steroid dienone is 1. The molecule has 0 radical (unpaired) electrons. The van der Waals surface area contributed by atoms with E-state index in [-0.39, 0.29) is 29.9 Å². The molecule has 2 unspecified atom stereocenters. The monoisotopic (exact) mass is 483 g/mol. The first kappa shape index (κ1) is 28.4. The lowest BCUT2D eigenvalue weighted by molar-refractivity contribution is -0.294. The van der Waals surface area contributed by atoms with Crippen molar-refractivity contribution in [2.24, 2.45) is 17.8 Å². The first-order chi connectivity index (χ1) is 15.9. The van der Waals surface area contributed by atoms with Crippen LogP contribution >= 0.6 is 0 Å². The molecule has 2 heterocycles. The van der Waals surface area contributed by atoms with E-state index >= 15 is 0 Å². The van der Waals surface area contributed by atoms with Crippen LogP contribution in [0.15, 0.2) is 11.6 Å². The highest BCUT2D eigenvalue weighted by Gasteiger charge is 2.46. The van der Waals surface area contributed by atoms with Crippen molar-refractivity contribution in [3.8, 4) is 0 Å². The first-order valence-electron chi connectivity index (χ1n) is 12.2. The number of rotatable bonds is 4. The maximum Gasteiger partial charge on any atom is 0.311 e. The van der Waals surface area contributed by atoms with Crippen LogP contribution in [-0.4, -0.2) is 70.7 Å². The maximum atomic E-state index is 13.1. The third kappa shape index (κ3) is 6.87. The lowest BCUT2D eigenvalue weighted by Gasteiger charge is -2.44. The Morgan fingerprint density at radius 3 is 2.41 bits per heavy atom. The molecule has 2 aliphatic heterocycles. The third-order valence-electron chi connectivity index (χ3n) is 6.98. The van der Waals surface area contributed by atoms with Crippen LogP contribution in [0.4, 0.5) is 0 Å². The van der Waals surface area contributed by atoms with Gasteiger partial charge in [0.15, 0.2) is 6.29 Å². The molecule has 3 N–H and O–H groups in total. The van der Waals surface area contributed by atoms with Crippen LogP contribution in [-0.2, 0) is 28.6 Å². The summed E-state index contributed by atoms with van der Waals surface area (Å²) in [4.78, 5) is 37.2. The van der Waals surface area contributed by atoms with Gasteiger partial charge in [0, 0.05) is 19.3 Å². The SMILES string of the molecule is CC[C@H]1OC(=O)[C@H](C)[C@@H](O[C@@H]2OC(C)[C@H](NC(C)=O)C(O)[C@H]2O)[C@@H](C)C[C@@H](C)C(=O)CC=C1C. The molecule has 0 aromatic heterocycles. The van der Waals surface area contributed by atoms with Crippen LogP contribution in [0.1, 0.15) is 67.7 Å². The molecule has 194 valence electrons. The van der Waals surface area contributed by atoms with Gasteiger partial charge in [0.1, 0.15) is 24.1 Å². The molecule has 0 bridgehead atoms. The smallest absolute Gasteiger partial charge is 0.311 e. The minimum absolute atomic E-state index is 0.0931. The van der Waals surface area contributed by atoms with Crippen LogP contribution in [0.5, 0.6) is 0 Å². The van der Waals surface area contributed by atoms with E-state index in [0.717, 1.165) is 5.57 Å². The second-order valence-corrected chi connectivity index (χ2v) is 9.87. The van der Waals surface area contributed by atoms with Gasteiger partial charge in [0.2, 0.25) is 5.91 Å². The van der Waals surface area contributed by atoms with Crippen molar-refractivity contribution in [2.45, 2.75) is 111 Å². The highest BCUT2D eigenvalue weighted by Crippen LogP contribution is 2.31. The molecular formula is C25H41NO8. The summed E-state index contributed by atoms with van der Waals surface area (Å²) in [5.41, 5.74) is 0.835. The van der Waals surface area contributed by atoms with Crippen LogP contribution in [0.2, 0.25) is 0 Å². The van der Waals surface area contributed by atoms with Crippen molar-refractivity contribution in [2.75, 3.05) is 0 Å². The Morgan fingerprint density at radius 1 is 1.18 bits per heavy atom. The minimum Gasteiger partial charge on any atom is -0.458 e. The van der Waals surface area contributed by atoms with E-state index in [1.165, 1.54) is 6.92 Å². The average Bonchev–Trinajstić information content (AvgIpc) is 2.78. The molecule has 9 heteroatoms. The number of amides is 1. The molecule has 1 saturated heterocycles. The third-order valence-corrected chi connectivity index (χ3v) is 6.98. The van der Waals surface area contributed by atoms with Crippen molar-refractivity contribution in [1.29, 1.82) is 0 Å². The number of nitrogens with one attached hydrogen (secondary N) is 1. The number of carbonyl (C=O) groups is 3. The van der Waals surface area contributed by atoms with E-state index in [2.05, 4.69) is 5.32 Å². The molecule has 0 spiro atoms. The van der Waals surface area contributed by atoms with Gasteiger partial charge in [0.05, 0.1) is 24.2 Å². The van der Waals surface area contributed by atoms with Crippen LogP contribution in [0, 0.1) is 17.8 Å². The fourth-order valence-corrected chi connectivity index (χ4v) is 4.77. The summed E-state index contributed by atoms with van der Waals surface area (Å²) in [6.07, 6.45) is -2.65. The normalized spacial score (nSPS) is 40.4. The molecule has 1 amide bonds. The summed E-state index contributed by atoms with van der Waals surface area (Å²) in [5, 5.41) is 23.9. The summed E-state index contributed by atoms with van der Waals surface area (Å²) in [7, 11) is 0. The van der Waals surface area contributed by atoms with Crippen molar-refractivity contribution >= 4 is 17.7 Å². The number of ketones is 1. The molecular weight excluding hydrogens is 442 g/mol. The van der Waals surface area contributed by atoms with Gasteiger partial charge in [-0.25, -0.2) is 0 Å². The van der Waals surface area contributed by atoms with Crippen molar-refractivity contribution in [1.82, 2.24) is 5.32 Å². The lowest BCUT2D eigenvalue weighted by Crippen LogP contribution is -2.63. The Balaban J connectivity index is 2.30. The van der Waals surface area contributed by atoms with E-state index < -0.39 is 54.7 Å². The zero-order chi connectivity index (χ0) is 25.7. The van der Waals surface area contributed by atoms with Gasteiger partial charge >= 0.3 is 5.97 Å². The number of ether oxygens (including phenoxy) is 3. The standard InChI is InChI=1S/C25H41NO8/c1-8-19-12(2)9-10-18(28)13(3)11-14(4)23(15(5)24(31)33-19)34-25-22(30)21(29)20(16(6)32-25)26-17(7)27/h9,13-16,19-23,25,29-30H,8,10-11H2,1-7H3,(H,26,27)/t13-,14+,15-,16?,19-,20+,21?,22-,23+,25+/m1/s1. The van der Waals surface area contributed by atoms with E-state index in [0.29, 0.717) is 12.8 Å².